The Labute approximate surface area is 141 Å². The summed E-state index contributed by atoms with van der Waals surface area (Å²) in [5, 5.41) is 10.5. The number of nitrogens with zero attached hydrogens (tertiary/aromatic N) is 1. The molecule has 1 heterocycles. The van der Waals surface area contributed by atoms with Crippen molar-refractivity contribution < 1.29 is 9.90 Å². The third-order valence-corrected chi connectivity index (χ3v) is 4.80. The molecule has 1 aliphatic heterocycles. The second-order valence-electron chi connectivity index (χ2n) is 6.43. The van der Waals surface area contributed by atoms with Gasteiger partial charge in [0, 0.05) is 5.56 Å². The van der Waals surface area contributed by atoms with E-state index >= 15 is 0 Å². The number of hydrogen-bond donors (Lipinski definition) is 1. The Morgan fingerprint density at radius 1 is 1.36 bits per heavy atom. The van der Waals surface area contributed by atoms with Crippen LogP contribution in [-0.4, -0.2) is 15.3 Å². The molecule has 1 aromatic carbocycles. The van der Waals surface area contributed by atoms with Gasteiger partial charge in [-0.15, -0.1) is 0 Å². The second-order valence-corrected chi connectivity index (χ2v) is 8.16. The normalized spacial score (nSPS) is 15.8. The van der Waals surface area contributed by atoms with E-state index in [0.717, 1.165) is 24.0 Å². The predicted molar refractivity (Wildman–Crippen MR) is 97.6 cm³/mol. The van der Waals surface area contributed by atoms with Gasteiger partial charge >= 0.3 is 0 Å². The topological polar surface area (TPSA) is 40.5 Å². The minimum absolute atomic E-state index is 0.178. The number of amides is 1. The van der Waals surface area contributed by atoms with Crippen LogP contribution in [0.4, 0.5) is 5.69 Å². The van der Waals surface area contributed by atoms with Gasteiger partial charge in [0.25, 0.3) is 5.91 Å². The number of carbonyl (C=O) groups excluding carboxylic acids is 1. The molecular formula is C17H21NO2S2. The molecule has 0 atom stereocenters. The molecule has 0 saturated carbocycles. The third kappa shape index (κ3) is 3.06. The Bertz CT molecular complexity index is 659. The Morgan fingerprint density at radius 3 is 2.45 bits per heavy atom. The number of anilines is 1. The summed E-state index contributed by atoms with van der Waals surface area (Å²) in [5.74, 6) is 0.144. The molecule has 0 bridgehead atoms. The van der Waals surface area contributed by atoms with Crippen LogP contribution < -0.4 is 4.90 Å². The zero-order valence-corrected chi connectivity index (χ0v) is 15.0. The summed E-state index contributed by atoms with van der Waals surface area (Å²) in [4.78, 5) is 14.2. The zero-order chi connectivity index (χ0) is 16.7. The standard InChI is InChI=1S/C17H21NO2S2/c1-6-7-11-8-12(9-13(14(11)19)17(3,4)5)18-15(20)10(2)22-16(18)21/h8-9,19H,2,6-7H2,1,3-5H3. The molecule has 1 aromatic rings. The smallest absolute Gasteiger partial charge is 0.270 e. The van der Waals surface area contributed by atoms with E-state index in [1.807, 2.05) is 32.9 Å². The van der Waals surface area contributed by atoms with Crippen molar-refractivity contribution in [3.05, 3.63) is 34.7 Å². The van der Waals surface area contributed by atoms with Crippen LogP contribution in [0, 0.1) is 0 Å². The predicted octanol–water partition coefficient (Wildman–Crippen LogP) is 4.52. The molecule has 1 aliphatic rings. The number of hydrogen-bond acceptors (Lipinski definition) is 4. The highest BCUT2D eigenvalue weighted by atomic mass is 32.2. The Morgan fingerprint density at radius 2 is 2.00 bits per heavy atom. The van der Waals surface area contributed by atoms with E-state index in [9.17, 15) is 9.90 Å². The molecule has 0 spiro atoms. The summed E-state index contributed by atoms with van der Waals surface area (Å²) in [6, 6.07) is 3.72. The molecule has 22 heavy (non-hydrogen) atoms. The molecule has 0 radical (unpaired) electrons. The monoisotopic (exact) mass is 335 g/mol. The summed E-state index contributed by atoms with van der Waals surface area (Å²) in [6.07, 6.45) is 1.67. The molecule has 0 aliphatic carbocycles. The van der Waals surface area contributed by atoms with E-state index in [2.05, 4.69) is 13.5 Å². The average molecular weight is 335 g/mol. The van der Waals surface area contributed by atoms with Gasteiger partial charge in [0.2, 0.25) is 0 Å². The molecular weight excluding hydrogens is 314 g/mol. The van der Waals surface area contributed by atoms with Crippen LogP contribution in [0.25, 0.3) is 0 Å². The van der Waals surface area contributed by atoms with Crippen LogP contribution in [0.1, 0.15) is 45.2 Å². The maximum Gasteiger partial charge on any atom is 0.270 e. The van der Waals surface area contributed by atoms with Crippen molar-refractivity contribution in [3.8, 4) is 5.75 Å². The van der Waals surface area contributed by atoms with Gasteiger partial charge in [-0.1, -0.05) is 64.7 Å². The largest absolute Gasteiger partial charge is 0.507 e. The molecule has 1 saturated heterocycles. The van der Waals surface area contributed by atoms with Crippen molar-refractivity contribution in [1.82, 2.24) is 0 Å². The highest BCUT2D eigenvalue weighted by Gasteiger charge is 2.33. The Hall–Kier alpha value is -1.33. The van der Waals surface area contributed by atoms with E-state index < -0.39 is 0 Å². The number of phenolic OH excluding ortho intramolecular Hbond substituents is 1. The molecule has 3 nitrogen and oxygen atoms in total. The third-order valence-electron chi connectivity index (χ3n) is 3.59. The van der Waals surface area contributed by atoms with Gasteiger partial charge in [-0.3, -0.25) is 9.69 Å². The van der Waals surface area contributed by atoms with Crippen molar-refractivity contribution in [1.29, 1.82) is 0 Å². The molecule has 118 valence electrons. The first-order chi connectivity index (χ1) is 10.2. The molecule has 0 aromatic heterocycles. The molecule has 1 amide bonds. The van der Waals surface area contributed by atoms with Gasteiger partial charge in [-0.2, -0.15) is 0 Å². The average Bonchev–Trinajstić information content (AvgIpc) is 2.65. The molecule has 5 heteroatoms. The van der Waals surface area contributed by atoms with Crippen molar-refractivity contribution in [3.63, 3.8) is 0 Å². The van der Waals surface area contributed by atoms with Gasteiger partial charge in [0.1, 0.15) is 5.75 Å². The van der Waals surface area contributed by atoms with E-state index in [1.54, 1.807) is 0 Å². The molecule has 1 N–H and O–H groups in total. The maximum absolute atomic E-state index is 12.3. The van der Waals surface area contributed by atoms with Crippen molar-refractivity contribution in [2.45, 2.75) is 46.0 Å². The van der Waals surface area contributed by atoms with E-state index in [1.165, 1.54) is 16.7 Å². The summed E-state index contributed by atoms with van der Waals surface area (Å²) in [6.45, 7) is 11.9. The lowest BCUT2D eigenvalue weighted by molar-refractivity contribution is -0.113. The van der Waals surface area contributed by atoms with Gasteiger partial charge in [-0.25, -0.2) is 0 Å². The first-order valence-corrected chi connectivity index (χ1v) is 8.50. The highest BCUT2D eigenvalue weighted by Crippen LogP contribution is 2.40. The summed E-state index contributed by atoms with van der Waals surface area (Å²) in [5.41, 5.74) is 2.17. The lowest BCUT2D eigenvalue weighted by Crippen LogP contribution is -2.28. The minimum Gasteiger partial charge on any atom is -0.507 e. The molecule has 1 fully saturated rings. The van der Waals surface area contributed by atoms with E-state index in [-0.39, 0.29) is 11.3 Å². The van der Waals surface area contributed by atoms with E-state index in [4.69, 9.17) is 12.2 Å². The molecule has 0 unspecified atom stereocenters. The first kappa shape index (κ1) is 17.0. The second kappa shape index (κ2) is 6.05. The van der Waals surface area contributed by atoms with Crippen molar-refractivity contribution in [2.75, 3.05) is 4.90 Å². The van der Waals surface area contributed by atoms with Crippen LogP contribution >= 0.6 is 24.0 Å². The van der Waals surface area contributed by atoms with Gasteiger partial charge in [-0.05, 0) is 29.5 Å². The quantitative estimate of drug-likeness (QED) is 0.651. The highest BCUT2D eigenvalue weighted by molar-refractivity contribution is 8.27. The Balaban J connectivity index is 2.62. The number of aryl methyl sites for hydroxylation is 1. The van der Waals surface area contributed by atoms with E-state index in [0.29, 0.717) is 20.7 Å². The fraction of sp³-hybridized carbons (Fsp3) is 0.412. The van der Waals surface area contributed by atoms with Crippen LogP contribution in [0.3, 0.4) is 0 Å². The van der Waals surface area contributed by atoms with Gasteiger partial charge in [0.05, 0.1) is 10.6 Å². The lowest BCUT2D eigenvalue weighted by atomic mass is 9.84. The van der Waals surface area contributed by atoms with Crippen LogP contribution in [-0.2, 0) is 16.6 Å². The number of thiocarbonyl (C=S) groups is 1. The van der Waals surface area contributed by atoms with Crippen LogP contribution in [0.15, 0.2) is 23.6 Å². The van der Waals surface area contributed by atoms with Gasteiger partial charge in [0.15, 0.2) is 4.32 Å². The zero-order valence-electron chi connectivity index (χ0n) is 13.4. The number of rotatable bonds is 3. The molecule has 2 rings (SSSR count). The number of phenols is 1. The number of benzene rings is 1. The minimum atomic E-state index is -0.225. The first-order valence-electron chi connectivity index (χ1n) is 7.28. The maximum atomic E-state index is 12.3. The fourth-order valence-corrected chi connectivity index (χ4v) is 3.62. The Kier molecular flexibility index (Phi) is 4.68. The summed E-state index contributed by atoms with van der Waals surface area (Å²) in [7, 11) is 0. The van der Waals surface area contributed by atoms with Crippen LogP contribution in [0.2, 0.25) is 0 Å². The van der Waals surface area contributed by atoms with Crippen molar-refractivity contribution in [2.24, 2.45) is 0 Å². The number of aromatic hydroxyl groups is 1. The lowest BCUT2D eigenvalue weighted by Gasteiger charge is -2.25. The van der Waals surface area contributed by atoms with Crippen molar-refractivity contribution >= 4 is 39.9 Å². The van der Waals surface area contributed by atoms with Crippen LogP contribution in [0.5, 0.6) is 5.75 Å². The number of thioether (sulfide) groups is 1. The summed E-state index contributed by atoms with van der Waals surface area (Å²) < 4.78 is 0.489. The summed E-state index contributed by atoms with van der Waals surface area (Å²) >= 11 is 6.52. The SMILES string of the molecule is C=C1SC(=S)N(c2cc(CCC)c(O)c(C(C)(C)C)c2)C1=O. The number of carbonyl (C=O) groups is 1. The fourth-order valence-electron chi connectivity index (χ4n) is 2.46. The van der Waals surface area contributed by atoms with Gasteiger partial charge < -0.3 is 5.11 Å².